The van der Waals surface area contributed by atoms with Gasteiger partial charge >= 0.3 is 0 Å². The Hall–Kier alpha value is -1.02. The van der Waals surface area contributed by atoms with E-state index in [9.17, 15) is 0 Å². The SMILES string of the molecule is C1=CC2=C3OCCC3CNC2C=C1. The average molecular weight is 175 g/mol. The Morgan fingerprint density at radius 2 is 2.38 bits per heavy atom. The predicted molar refractivity (Wildman–Crippen MR) is 51.2 cm³/mol. The number of ether oxygens (including phenoxy) is 1. The second-order valence-corrected chi connectivity index (χ2v) is 3.78. The van der Waals surface area contributed by atoms with Crippen LogP contribution in [0.5, 0.6) is 0 Å². The van der Waals surface area contributed by atoms with Crippen LogP contribution in [0.1, 0.15) is 6.42 Å². The van der Waals surface area contributed by atoms with Crippen LogP contribution in [0, 0.1) is 5.92 Å². The molecule has 2 nitrogen and oxygen atoms in total. The quantitative estimate of drug-likeness (QED) is 0.600. The summed E-state index contributed by atoms with van der Waals surface area (Å²) in [6.07, 6.45) is 9.72. The number of nitrogens with one attached hydrogen (secondary N) is 1. The van der Waals surface area contributed by atoms with Gasteiger partial charge in [0.25, 0.3) is 0 Å². The van der Waals surface area contributed by atoms with E-state index in [4.69, 9.17) is 4.74 Å². The second kappa shape index (κ2) is 2.74. The van der Waals surface area contributed by atoms with Crippen molar-refractivity contribution in [1.82, 2.24) is 5.32 Å². The molecule has 0 amide bonds. The van der Waals surface area contributed by atoms with E-state index in [1.54, 1.807) is 0 Å². The molecule has 3 aliphatic rings. The van der Waals surface area contributed by atoms with Crippen LogP contribution in [0.2, 0.25) is 0 Å². The van der Waals surface area contributed by atoms with Crippen molar-refractivity contribution in [2.45, 2.75) is 12.5 Å². The van der Waals surface area contributed by atoms with Gasteiger partial charge < -0.3 is 10.1 Å². The van der Waals surface area contributed by atoms with Crippen molar-refractivity contribution in [3.8, 4) is 0 Å². The fourth-order valence-corrected chi connectivity index (χ4v) is 2.30. The van der Waals surface area contributed by atoms with Crippen LogP contribution < -0.4 is 5.32 Å². The molecule has 2 heteroatoms. The Balaban J connectivity index is 2.05. The van der Waals surface area contributed by atoms with Gasteiger partial charge in [-0.1, -0.05) is 24.3 Å². The molecular weight excluding hydrogens is 162 g/mol. The maximum atomic E-state index is 5.68. The fraction of sp³-hybridized carbons (Fsp3) is 0.455. The average Bonchev–Trinajstić information content (AvgIpc) is 2.65. The topological polar surface area (TPSA) is 21.3 Å². The first-order valence-electron chi connectivity index (χ1n) is 4.90. The molecule has 1 N–H and O–H groups in total. The Morgan fingerprint density at radius 3 is 3.38 bits per heavy atom. The lowest BCUT2D eigenvalue weighted by Gasteiger charge is -2.28. The van der Waals surface area contributed by atoms with Gasteiger partial charge in [0, 0.05) is 18.0 Å². The maximum Gasteiger partial charge on any atom is 0.105 e. The van der Waals surface area contributed by atoms with E-state index in [-0.39, 0.29) is 0 Å². The summed E-state index contributed by atoms with van der Waals surface area (Å²) in [5.41, 5.74) is 1.34. The molecule has 0 aromatic carbocycles. The highest BCUT2D eigenvalue weighted by molar-refractivity contribution is 5.41. The zero-order valence-electron chi connectivity index (χ0n) is 7.49. The summed E-state index contributed by atoms with van der Waals surface area (Å²) in [6, 6.07) is 0.398. The fourth-order valence-electron chi connectivity index (χ4n) is 2.30. The van der Waals surface area contributed by atoms with Crippen molar-refractivity contribution in [2.75, 3.05) is 13.2 Å². The van der Waals surface area contributed by atoms with Crippen LogP contribution in [0.25, 0.3) is 0 Å². The maximum absolute atomic E-state index is 5.68. The van der Waals surface area contributed by atoms with Gasteiger partial charge in [0.15, 0.2) is 0 Å². The molecule has 0 aromatic heterocycles. The van der Waals surface area contributed by atoms with Crippen molar-refractivity contribution >= 4 is 0 Å². The third-order valence-corrected chi connectivity index (χ3v) is 2.99. The highest BCUT2D eigenvalue weighted by Crippen LogP contribution is 2.33. The largest absolute Gasteiger partial charge is 0.497 e. The molecule has 2 atom stereocenters. The second-order valence-electron chi connectivity index (χ2n) is 3.78. The molecule has 2 heterocycles. The minimum Gasteiger partial charge on any atom is -0.497 e. The summed E-state index contributed by atoms with van der Waals surface area (Å²) in [5.74, 6) is 1.87. The lowest BCUT2D eigenvalue weighted by molar-refractivity contribution is 0.248. The van der Waals surface area contributed by atoms with E-state index < -0.39 is 0 Å². The normalized spacial score (nSPS) is 35.7. The lowest BCUT2D eigenvalue weighted by atomic mass is 9.90. The molecule has 0 spiro atoms. The first-order chi connectivity index (χ1) is 6.45. The minimum absolute atomic E-state index is 0.398. The van der Waals surface area contributed by atoms with E-state index in [1.807, 2.05) is 0 Å². The molecule has 1 aliphatic carbocycles. The van der Waals surface area contributed by atoms with E-state index in [0.29, 0.717) is 12.0 Å². The molecule has 2 unspecified atom stereocenters. The van der Waals surface area contributed by atoms with E-state index in [0.717, 1.165) is 13.2 Å². The van der Waals surface area contributed by atoms with Gasteiger partial charge in [-0.25, -0.2) is 0 Å². The number of fused-ring (bicyclic) bond motifs is 2. The Morgan fingerprint density at radius 1 is 1.38 bits per heavy atom. The molecule has 1 saturated heterocycles. The number of hydrogen-bond acceptors (Lipinski definition) is 2. The summed E-state index contributed by atoms with van der Waals surface area (Å²) in [4.78, 5) is 0. The Labute approximate surface area is 78.0 Å². The molecule has 1 fully saturated rings. The molecule has 0 bridgehead atoms. The van der Waals surface area contributed by atoms with Crippen molar-refractivity contribution in [3.05, 3.63) is 35.6 Å². The molecule has 3 rings (SSSR count). The smallest absolute Gasteiger partial charge is 0.105 e. The Kier molecular flexibility index (Phi) is 1.56. The summed E-state index contributed by atoms with van der Waals surface area (Å²) in [6.45, 7) is 1.97. The van der Waals surface area contributed by atoms with Gasteiger partial charge in [0.1, 0.15) is 5.76 Å². The number of allylic oxidation sites excluding steroid dienone is 2. The predicted octanol–water partition coefficient (Wildman–Crippen LogP) is 1.37. The van der Waals surface area contributed by atoms with Crippen LogP contribution in [0.4, 0.5) is 0 Å². The highest BCUT2D eigenvalue weighted by Gasteiger charge is 2.32. The third kappa shape index (κ3) is 1.05. The first-order valence-corrected chi connectivity index (χ1v) is 4.90. The molecule has 13 heavy (non-hydrogen) atoms. The highest BCUT2D eigenvalue weighted by atomic mass is 16.5. The third-order valence-electron chi connectivity index (χ3n) is 2.99. The molecule has 2 aliphatic heterocycles. The van der Waals surface area contributed by atoms with E-state index >= 15 is 0 Å². The molecular formula is C11H13NO. The number of hydrogen-bond donors (Lipinski definition) is 1. The van der Waals surface area contributed by atoms with Crippen molar-refractivity contribution in [2.24, 2.45) is 5.92 Å². The van der Waals surface area contributed by atoms with Gasteiger partial charge in [-0.05, 0) is 6.42 Å². The van der Waals surface area contributed by atoms with Crippen LogP contribution in [0.15, 0.2) is 35.6 Å². The lowest BCUT2D eigenvalue weighted by Crippen LogP contribution is -2.39. The monoisotopic (exact) mass is 175 g/mol. The zero-order chi connectivity index (χ0) is 8.67. The summed E-state index contributed by atoms with van der Waals surface area (Å²) >= 11 is 0. The molecule has 0 radical (unpaired) electrons. The van der Waals surface area contributed by atoms with Gasteiger partial charge in [-0.2, -0.15) is 0 Å². The van der Waals surface area contributed by atoms with E-state index in [2.05, 4.69) is 29.6 Å². The van der Waals surface area contributed by atoms with E-state index in [1.165, 1.54) is 17.8 Å². The first kappa shape index (κ1) is 7.39. The van der Waals surface area contributed by atoms with Crippen molar-refractivity contribution < 1.29 is 4.74 Å². The summed E-state index contributed by atoms with van der Waals surface area (Å²) < 4.78 is 5.68. The summed E-state index contributed by atoms with van der Waals surface area (Å²) in [5, 5.41) is 3.52. The van der Waals surface area contributed by atoms with Crippen LogP contribution in [0.3, 0.4) is 0 Å². The van der Waals surface area contributed by atoms with Crippen LogP contribution in [-0.2, 0) is 4.74 Å². The molecule has 0 saturated carbocycles. The van der Waals surface area contributed by atoms with Gasteiger partial charge in [-0.15, -0.1) is 0 Å². The molecule has 0 aromatic rings. The zero-order valence-corrected chi connectivity index (χ0v) is 7.49. The van der Waals surface area contributed by atoms with Gasteiger partial charge in [0.2, 0.25) is 0 Å². The minimum atomic E-state index is 0.398. The van der Waals surface area contributed by atoms with Crippen molar-refractivity contribution in [3.63, 3.8) is 0 Å². The van der Waals surface area contributed by atoms with Crippen molar-refractivity contribution in [1.29, 1.82) is 0 Å². The summed E-state index contributed by atoms with van der Waals surface area (Å²) in [7, 11) is 0. The van der Waals surface area contributed by atoms with Gasteiger partial charge in [0.05, 0.1) is 12.6 Å². The standard InChI is InChI=1S/C11H13NO/c1-2-4-10-9(3-1)11-8(7-12-10)5-6-13-11/h1-4,8,10,12H,5-7H2. The van der Waals surface area contributed by atoms with Crippen LogP contribution >= 0.6 is 0 Å². The molecule has 68 valence electrons. The number of rotatable bonds is 0. The van der Waals surface area contributed by atoms with Gasteiger partial charge in [-0.3, -0.25) is 0 Å². The van der Waals surface area contributed by atoms with Crippen LogP contribution in [-0.4, -0.2) is 19.2 Å². The Bertz CT molecular complexity index is 314.